The van der Waals surface area contributed by atoms with Crippen molar-refractivity contribution in [3.05, 3.63) is 28.8 Å². The van der Waals surface area contributed by atoms with Gasteiger partial charge in [0, 0.05) is 17.1 Å². The van der Waals surface area contributed by atoms with Crippen molar-refractivity contribution in [2.24, 2.45) is 17.6 Å². The summed E-state index contributed by atoms with van der Waals surface area (Å²) in [6, 6.07) is 5.75. The highest BCUT2D eigenvalue weighted by molar-refractivity contribution is 6.31. The lowest BCUT2D eigenvalue weighted by molar-refractivity contribution is 0.0997. The van der Waals surface area contributed by atoms with Gasteiger partial charge in [-0.05, 0) is 43.2 Å². The fourth-order valence-electron chi connectivity index (χ4n) is 2.63. The zero-order valence-electron chi connectivity index (χ0n) is 11.2. The maximum Gasteiger partial charge on any atom is 0.125 e. The van der Waals surface area contributed by atoms with Crippen LogP contribution < -0.4 is 10.5 Å². The van der Waals surface area contributed by atoms with Gasteiger partial charge in [-0.2, -0.15) is 0 Å². The van der Waals surface area contributed by atoms with Crippen molar-refractivity contribution < 1.29 is 4.74 Å². The Hall–Kier alpha value is -0.730. The molecule has 0 radical (unpaired) electrons. The molecule has 2 rings (SSSR count). The minimum absolute atomic E-state index is 0.306. The zero-order chi connectivity index (χ0) is 13.1. The molecule has 0 aliphatic heterocycles. The van der Waals surface area contributed by atoms with Gasteiger partial charge in [-0.1, -0.05) is 31.5 Å². The minimum atomic E-state index is 0.306. The van der Waals surface area contributed by atoms with Crippen molar-refractivity contribution in [1.82, 2.24) is 0 Å². The van der Waals surface area contributed by atoms with E-state index >= 15 is 0 Å². The van der Waals surface area contributed by atoms with E-state index in [4.69, 9.17) is 22.1 Å². The standard InChI is InChI=1S/C15H22ClNO/c1-10-6-7-12(8-11(10)2)18-15-5-3-4-14(16)13(15)9-17/h3-5,10-12H,6-9,17H2,1-2H3. The first-order chi connectivity index (χ1) is 8.61. The Morgan fingerprint density at radius 1 is 1.28 bits per heavy atom. The average Bonchev–Trinajstić information content (AvgIpc) is 2.34. The molecule has 0 bridgehead atoms. The molecule has 1 aliphatic rings. The summed E-state index contributed by atoms with van der Waals surface area (Å²) in [5, 5.41) is 0.701. The molecule has 1 saturated carbocycles. The average molecular weight is 268 g/mol. The van der Waals surface area contributed by atoms with Crippen LogP contribution >= 0.6 is 11.6 Å². The summed E-state index contributed by atoms with van der Waals surface area (Å²) < 4.78 is 6.11. The van der Waals surface area contributed by atoms with Crippen LogP contribution in [0.3, 0.4) is 0 Å². The molecule has 1 aromatic carbocycles. The van der Waals surface area contributed by atoms with E-state index in [1.807, 2.05) is 18.2 Å². The van der Waals surface area contributed by atoms with Gasteiger partial charge in [-0.25, -0.2) is 0 Å². The lowest BCUT2D eigenvalue weighted by atomic mass is 9.80. The van der Waals surface area contributed by atoms with Crippen LogP contribution in [-0.2, 0) is 6.54 Å². The maximum atomic E-state index is 6.14. The normalized spacial score (nSPS) is 28.1. The van der Waals surface area contributed by atoms with E-state index in [0.29, 0.717) is 17.7 Å². The molecule has 2 nitrogen and oxygen atoms in total. The largest absolute Gasteiger partial charge is 0.490 e. The molecule has 0 aromatic heterocycles. The van der Waals surface area contributed by atoms with Gasteiger partial charge in [-0.3, -0.25) is 0 Å². The second-order valence-electron chi connectivity index (χ2n) is 5.43. The van der Waals surface area contributed by atoms with Crippen LogP contribution in [0.4, 0.5) is 0 Å². The highest BCUT2D eigenvalue weighted by Gasteiger charge is 2.26. The van der Waals surface area contributed by atoms with Crippen LogP contribution in [0.25, 0.3) is 0 Å². The SMILES string of the molecule is CC1CCC(Oc2cccc(Cl)c2CN)CC1C. The second-order valence-corrected chi connectivity index (χ2v) is 5.84. The van der Waals surface area contributed by atoms with Gasteiger partial charge >= 0.3 is 0 Å². The molecule has 0 amide bonds. The van der Waals surface area contributed by atoms with E-state index in [2.05, 4.69) is 13.8 Å². The van der Waals surface area contributed by atoms with Gasteiger partial charge < -0.3 is 10.5 Å². The number of benzene rings is 1. The van der Waals surface area contributed by atoms with Gasteiger partial charge in [0.1, 0.15) is 5.75 Å². The van der Waals surface area contributed by atoms with E-state index in [0.717, 1.165) is 36.0 Å². The van der Waals surface area contributed by atoms with Crippen LogP contribution in [0.15, 0.2) is 18.2 Å². The zero-order valence-corrected chi connectivity index (χ0v) is 11.9. The molecule has 2 N–H and O–H groups in total. The van der Waals surface area contributed by atoms with Crippen molar-refractivity contribution in [3.63, 3.8) is 0 Å². The molecule has 3 unspecified atom stereocenters. The van der Waals surface area contributed by atoms with Gasteiger partial charge in [0.15, 0.2) is 0 Å². The molecule has 1 fully saturated rings. The molecule has 18 heavy (non-hydrogen) atoms. The quantitative estimate of drug-likeness (QED) is 0.898. The Morgan fingerprint density at radius 2 is 2.06 bits per heavy atom. The van der Waals surface area contributed by atoms with E-state index in [-0.39, 0.29) is 0 Å². The third-order valence-electron chi connectivity index (χ3n) is 4.12. The number of ether oxygens (including phenoxy) is 1. The van der Waals surface area contributed by atoms with Crippen molar-refractivity contribution >= 4 is 11.6 Å². The smallest absolute Gasteiger partial charge is 0.125 e. The molecule has 1 aromatic rings. The molecule has 3 atom stereocenters. The first-order valence-corrected chi connectivity index (χ1v) is 7.13. The van der Waals surface area contributed by atoms with Crippen molar-refractivity contribution in [3.8, 4) is 5.75 Å². The number of hydrogen-bond acceptors (Lipinski definition) is 2. The first kappa shape index (κ1) is 13.7. The van der Waals surface area contributed by atoms with E-state index in [9.17, 15) is 0 Å². The Morgan fingerprint density at radius 3 is 2.72 bits per heavy atom. The first-order valence-electron chi connectivity index (χ1n) is 6.76. The fourth-order valence-corrected chi connectivity index (χ4v) is 2.88. The molecule has 1 aliphatic carbocycles. The number of halogens is 1. The topological polar surface area (TPSA) is 35.2 Å². The van der Waals surface area contributed by atoms with Crippen LogP contribution in [0.5, 0.6) is 5.75 Å². The van der Waals surface area contributed by atoms with Crippen molar-refractivity contribution in [2.45, 2.75) is 45.8 Å². The predicted molar refractivity (Wildman–Crippen MR) is 75.9 cm³/mol. The van der Waals surface area contributed by atoms with Crippen LogP contribution in [-0.4, -0.2) is 6.10 Å². The van der Waals surface area contributed by atoms with Crippen molar-refractivity contribution in [2.75, 3.05) is 0 Å². The van der Waals surface area contributed by atoms with Gasteiger partial charge in [0.25, 0.3) is 0 Å². The van der Waals surface area contributed by atoms with Gasteiger partial charge in [-0.15, -0.1) is 0 Å². The van der Waals surface area contributed by atoms with Crippen LogP contribution in [0.1, 0.15) is 38.7 Å². The summed E-state index contributed by atoms with van der Waals surface area (Å²) in [6.45, 7) is 5.06. The lowest BCUT2D eigenvalue weighted by Gasteiger charge is -2.32. The van der Waals surface area contributed by atoms with E-state index in [1.165, 1.54) is 6.42 Å². The fraction of sp³-hybridized carbons (Fsp3) is 0.600. The van der Waals surface area contributed by atoms with Crippen LogP contribution in [0.2, 0.25) is 5.02 Å². The Balaban J connectivity index is 2.08. The predicted octanol–water partition coefficient (Wildman–Crippen LogP) is 4.00. The van der Waals surface area contributed by atoms with Crippen LogP contribution in [0, 0.1) is 11.8 Å². The molecule has 3 heteroatoms. The van der Waals surface area contributed by atoms with Gasteiger partial charge in [0.2, 0.25) is 0 Å². The molecular formula is C15H22ClNO. The molecule has 0 saturated heterocycles. The summed E-state index contributed by atoms with van der Waals surface area (Å²) in [6.07, 6.45) is 3.80. The number of hydrogen-bond donors (Lipinski definition) is 1. The van der Waals surface area contributed by atoms with E-state index < -0.39 is 0 Å². The van der Waals surface area contributed by atoms with E-state index in [1.54, 1.807) is 0 Å². The highest BCUT2D eigenvalue weighted by atomic mass is 35.5. The summed E-state index contributed by atoms with van der Waals surface area (Å²) in [7, 11) is 0. The second kappa shape index (κ2) is 5.94. The Kier molecular flexibility index (Phi) is 4.52. The third-order valence-corrected chi connectivity index (χ3v) is 4.48. The lowest BCUT2D eigenvalue weighted by Crippen LogP contribution is -2.29. The summed E-state index contributed by atoms with van der Waals surface area (Å²) in [5.41, 5.74) is 6.66. The highest BCUT2D eigenvalue weighted by Crippen LogP contribution is 2.34. The molecular weight excluding hydrogens is 246 g/mol. The summed E-state index contributed by atoms with van der Waals surface area (Å²) >= 11 is 6.14. The number of rotatable bonds is 3. The van der Waals surface area contributed by atoms with Gasteiger partial charge in [0.05, 0.1) is 6.10 Å². The monoisotopic (exact) mass is 267 g/mol. The summed E-state index contributed by atoms with van der Waals surface area (Å²) in [4.78, 5) is 0. The Labute approximate surface area is 114 Å². The molecule has 0 heterocycles. The number of nitrogens with two attached hydrogens (primary N) is 1. The third kappa shape index (κ3) is 2.99. The van der Waals surface area contributed by atoms with Crippen molar-refractivity contribution in [1.29, 1.82) is 0 Å². The maximum absolute atomic E-state index is 6.14. The molecule has 100 valence electrons. The summed E-state index contributed by atoms with van der Waals surface area (Å²) in [5.74, 6) is 2.39. The molecule has 0 spiro atoms. The Bertz CT molecular complexity index is 407. The minimum Gasteiger partial charge on any atom is -0.490 e.